The lowest BCUT2D eigenvalue weighted by Gasteiger charge is -2.06. The minimum absolute atomic E-state index is 0.0450. The number of hydrogen-bond acceptors (Lipinski definition) is 1. The molecule has 1 nitrogen and oxygen atoms in total. The number of rotatable bonds is 2. The van der Waals surface area contributed by atoms with E-state index in [1.54, 1.807) is 0 Å². The van der Waals surface area contributed by atoms with E-state index in [9.17, 15) is 4.39 Å². The molecule has 120 valence electrons. The third kappa shape index (κ3) is 7.13. The number of nitrogens with zero attached hydrogens (tertiary/aromatic N) is 1. The highest BCUT2D eigenvalue weighted by Crippen LogP contribution is 2.12. The lowest BCUT2D eigenvalue weighted by molar-refractivity contribution is 0.505. The van der Waals surface area contributed by atoms with Crippen molar-refractivity contribution in [3.05, 3.63) is 60.4 Å². The van der Waals surface area contributed by atoms with Crippen LogP contribution in [0.1, 0.15) is 20.8 Å². The van der Waals surface area contributed by atoms with Crippen molar-refractivity contribution in [2.75, 3.05) is 19.6 Å². The summed E-state index contributed by atoms with van der Waals surface area (Å²) in [5.41, 5.74) is -0.0450. The van der Waals surface area contributed by atoms with Gasteiger partial charge in [0, 0.05) is 24.6 Å². The molecule has 0 amide bonds. The molecule has 2 aromatic carbocycles. The number of halogens is 1. The van der Waals surface area contributed by atoms with E-state index in [1.165, 1.54) is 16.8 Å². The second-order valence-electron chi connectivity index (χ2n) is 6.73. The van der Waals surface area contributed by atoms with Crippen LogP contribution < -0.4 is 0 Å². The Morgan fingerprint density at radius 1 is 1.04 bits per heavy atom. The van der Waals surface area contributed by atoms with Crippen LogP contribution in [0.25, 0.3) is 10.8 Å². The molecule has 1 heterocycles. The first-order valence-electron chi connectivity index (χ1n) is 7.97. The van der Waals surface area contributed by atoms with Crippen LogP contribution >= 0.6 is 0 Å². The fourth-order valence-corrected chi connectivity index (χ4v) is 1.95. The highest BCUT2D eigenvalue weighted by atomic mass is 19.1. The molecule has 0 saturated carbocycles. The Labute approximate surface area is 138 Å². The zero-order valence-corrected chi connectivity index (χ0v) is 14.1. The molecule has 0 spiro atoms. The van der Waals surface area contributed by atoms with Crippen molar-refractivity contribution in [2.24, 2.45) is 5.41 Å². The first kappa shape index (κ1) is 17.2. The van der Waals surface area contributed by atoms with Gasteiger partial charge in [0.15, 0.2) is 0 Å². The van der Waals surface area contributed by atoms with Gasteiger partial charge in [0.25, 0.3) is 0 Å². The third-order valence-electron chi connectivity index (χ3n) is 3.25. The van der Waals surface area contributed by atoms with Crippen molar-refractivity contribution in [2.45, 2.75) is 20.8 Å². The van der Waals surface area contributed by atoms with Crippen molar-refractivity contribution in [3.63, 3.8) is 0 Å². The van der Waals surface area contributed by atoms with Crippen molar-refractivity contribution < 1.29 is 4.39 Å². The summed E-state index contributed by atoms with van der Waals surface area (Å²) in [7, 11) is 0. The fraction of sp³-hybridized carbons (Fsp3) is 0.333. The van der Waals surface area contributed by atoms with Crippen LogP contribution in [-0.4, -0.2) is 24.5 Å². The lowest BCUT2D eigenvalue weighted by atomic mass is 9.98. The monoisotopic (exact) mass is 309 g/mol. The maximum Gasteiger partial charge on any atom is 0.122 e. The summed E-state index contributed by atoms with van der Waals surface area (Å²) in [6, 6.07) is 16.7. The van der Waals surface area contributed by atoms with E-state index in [0.717, 1.165) is 13.1 Å². The Balaban J connectivity index is 0.000000172. The molecule has 1 fully saturated rings. The molecule has 0 aliphatic carbocycles. The highest BCUT2D eigenvalue weighted by Gasteiger charge is 2.17. The van der Waals surface area contributed by atoms with Crippen LogP contribution in [0.2, 0.25) is 0 Å². The van der Waals surface area contributed by atoms with Gasteiger partial charge in [-0.2, -0.15) is 0 Å². The molecule has 0 atom stereocenters. The predicted octanol–water partition coefficient (Wildman–Crippen LogP) is 5.04. The average molecular weight is 309 g/mol. The summed E-state index contributed by atoms with van der Waals surface area (Å²) in [5.74, 6) is 5.58. The summed E-state index contributed by atoms with van der Waals surface area (Å²) in [6.07, 6.45) is 1.38. The molecule has 0 N–H and O–H groups in total. The second-order valence-corrected chi connectivity index (χ2v) is 6.73. The number of benzene rings is 2. The minimum Gasteiger partial charge on any atom is -0.294 e. The minimum atomic E-state index is -0.130. The largest absolute Gasteiger partial charge is 0.294 e. The third-order valence-corrected chi connectivity index (χ3v) is 3.25. The quantitative estimate of drug-likeness (QED) is 0.554. The summed E-state index contributed by atoms with van der Waals surface area (Å²) in [5, 5.41) is 2.62. The fourth-order valence-electron chi connectivity index (χ4n) is 1.95. The Hall–Kier alpha value is -2.11. The maximum absolute atomic E-state index is 13.0. The number of hydrogen-bond donors (Lipinski definition) is 0. The normalized spacial score (nSPS) is 14.5. The van der Waals surface area contributed by atoms with Crippen molar-refractivity contribution >= 4 is 10.8 Å². The van der Waals surface area contributed by atoms with E-state index >= 15 is 0 Å². The van der Waals surface area contributed by atoms with Gasteiger partial charge in [-0.05, 0) is 31.5 Å². The van der Waals surface area contributed by atoms with Crippen LogP contribution in [0, 0.1) is 17.3 Å². The zero-order valence-electron chi connectivity index (χ0n) is 14.1. The molecule has 2 heteroatoms. The van der Waals surface area contributed by atoms with E-state index in [2.05, 4.69) is 60.4 Å². The first-order chi connectivity index (χ1) is 10.9. The molecule has 2 aromatic rings. The summed E-state index contributed by atoms with van der Waals surface area (Å²) in [4.78, 5) is 2.02. The molecule has 23 heavy (non-hydrogen) atoms. The standard InChI is InChI=1S/C11H16FN.C10H8/c1-11(2,3)6-4-5-10(12)9-13-7-8-13;1-2-6-10-8-4-3-7-9(10)5-1/h5H,7-9H2,1-3H3;1-8H. The van der Waals surface area contributed by atoms with Crippen molar-refractivity contribution in [1.82, 2.24) is 4.90 Å². The molecule has 0 bridgehead atoms. The Morgan fingerprint density at radius 2 is 1.52 bits per heavy atom. The number of fused-ring (bicyclic) bond motifs is 1. The molecular weight excluding hydrogens is 285 g/mol. The van der Waals surface area contributed by atoms with E-state index in [4.69, 9.17) is 0 Å². The van der Waals surface area contributed by atoms with Gasteiger partial charge in [0.2, 0.25) is 0 Å². The van der Waals surface area contributed by atoms with Crippen LogP contribution in [0.5, 0.6) is 0 Å². The van der Waals surface area contributed by atoms with Crippen LogP contribution in [0.3, 0.4) is 0 Å². The molecule has 3 rings (SSSR count). The molecule has 0 unspecified atom stereocenters. The molecule has 1 aliphatic heterocycles. The average Bonchev–Trinajstić information content (AvgIpc) is 3.30. The van der Waals surface area contributed by atoms with E-state index in [1.807, 2.05) is 25.7 Å². The summed E-state index contributed by atoms with van der Waals surface area (Å²) >= 11 is 0. The van der Waals surface area contributed by atoms with Gasteiger partial charge in [0.1, 0.15) is 5.83 Å². The van der Waals surface area contributed by atoms with Crippen molar-refractivity contribution in [1.29, 1.82) is 0 Å². The van der Waals surface area contributed by atoms with Gasteiger partial charge in [-0.25, -0.2) is 4.39 Å². The first-order valence-corrected chi connectivity index (χ1v) is 7.97. The lowest BCUT2D eigenvalue weighted by Crippen LogP contribution is -2.00. The van der Waals surface area contributed by atoms with Gasteiger partial charge in [-0.3, -0.25) is 4.90 Å². The molecule has 0 radical (unpaired) electrons. The smallest absolute Gasteiger partial charge is 0.122 e. The summed E-state index contributed by atoms with van der Waals surface area (Å²) in [6.45, 7) is 8.50. The molecule has 0 aromatic heterocycles. The van der Waals surface area contributed by atoms with E-state index < -0.39 is 0 Å². The van der Waals surface area contributed by atoms with Gasteiger partial charge in [-0.1, -0.05) is 60.4 Å². The number of allylic oxidation sites excluding steroid dienone is 1. The molecular formula is C21H24FN. The Bertz CT molecular complexity index is 659. The van der Waals surface area contributed by atoms with Gasteiger partial charge >= 0.3 is 0 Å². The second kappa shape index (κ2) is 7.94. The topological polar surface area (TPSA) is 3.01 Å². The zero-order chi connectivity index (χ0) is 16.7. The Kier molecular flexibility index (Phi) is 5.96. The van der Waals surface area contributed by atoms with Gasteiger partial charge in [0.05, 0.1) is 6.54 Å². The van der Waals surface area contributed by atoms with Gasteiger partial charge < -0.3 is 0 Å². The summed E-state index contributed by atoms with van der Waals surface area (Å²) < 4.78 is 13.0. The molecule has 1 aliphatic rings. The predicted molar refractivity (Wildman–Crippen MR) is 96.8 cm³/mol. The van der Waals surface area contributed by atoms with Crippen LogP contribution in [0.4, 0.5) is 4.39 Å². The van der Waals surface area contributed by atoms with Crippen LogP contribution in [0.15, 0.2) is 60.4 Å². The Morgan fingerprint density at radius 3 is 1.91 bits per heavy atom. The van der Waals surface area contributed by atoms with Gasteiger partial charge in [-0.15, -0.1) is 0 Å². The maximum atomic E-state index is 13.0. The van der Waals surface area contributed by atoms with Crippen molar-refractivity contribution in [3.8, 4) is 11.8 Å². The molecule has 1 saturated heterocycles. The highest BCUT2D eigenvalue weighted by molar-refractivity contribution is 5.81. The van der Waals surface area contributed by atoms with E-state index in [0.29, 0.717) is 6.54 Å². The van der Waals surface area contributed by atoms with Crippen LogP contribution in [-0.2, 0) is 0 Å². The SMILES string of the molecule is CC(C)(C)C#CC=C(F)CN1CC1.c1ccc2ccccc2c1. The van der Waals surface area contributed by atoms with E-state index in [-0.39, 0.29) is 11.2 Å².